The van der Waals surface area contributed by atoms with Gasteiger partial charge in [-0.1, -0.05) is 42.5 Å². The lowest BCUT2D eigenvalue weighted by Gasteiger charge is -2.20. The number of carbonyl (C=O) groups excluding carboxylic acids is 1. The summed E-state index contributed by atoms with van der Waals surface area (Å²) in [6.45, 7) is 5.70. The van der Waals surface area contributed by atoms with Crippen LogP contribution in [-0.4, -0.2) is 5.78 Å². The second-order valence-electron chi connectivity index (χ2n) is 4.63. The van der Waals surface area contributed by atoms with E-state index in [1.54, 1.807) is 0 Å². The van der Waals surface area contributed by atoms with E-state index >= 15 is 0 Å². The van der Waals surface area contributed by atoms with Gasteiger partial charge in [0.05, 0.1) is 0 Å². The van der Waals surface area contributed by atoms with E-state index in [1.807, 2.05) is 31.2 Å². The van der Waals surface area contributed by atoms with Crippen molar-refractivity contribution >= 4 is 22.1 Å². The van der Waals surface area contributed by atoms with Crippen LogP contribution < -0.4 is 0 Å². The number of rotatable bonds is 2. The third-order valence-electron chi connectivity index (χ3n) is 3.62. The Bertz CT molecular complexity index is 699. The van der Waals surface area contributed by atoms with Crippen molar-refractivity contribution in [3.8, 4) is 0 Å². The first-order valence-electron chi connectivity index (χ1n) is 6.11. The highest BCUT2D eigenvalue weighted by molar-refractivity contribution is 6.24. The Balaban J connectivity index is 2.45. The molecule has 3 rings (SSSR count). The van der Waals surface area contributed by atoms with Crippen molar-refractivity contribution in [3.05, 3.63) is 65.8 Å². The lowest BCUT2D eigenvalue weighted by atomic mass is 9.82. The standard InChI is InChI=1S/C17H14O/c1-3-6-13-11(2)17(18)15-10-5-8-12-7-4-9-14(13)16(12)15/h3-5,7-10H,1,6H2,2H3. The van der Waals surface area contributed by atoms with Gasteiger partial charge in [0.25, 0.3) is 0 Å². The molecule has 0 radical (unpaired) electrons. The van der Waals surface area contributed by atoms with Crippen molar-refractivity contribution in [2.45, 2.75) is 13.3 Å². The van der Waals surface area contributed by atoms with Crippen molar-refractivity contribution in [3.63, 3.8) is 0 Å². The molecule has 0 fully saturated rings. The van der Waals surface area contributed by atoms with Crippen LogP contribution >= 0.6 is 0 Å². The Kier molecular flexibility index (Phi) is 2.41. The molecule has 2 aromatic rings. The molecule has 0 bridgehead atoms. The molecule has 1 aliphatic rings. The average Bonchev–Trinajstić information content (AvgIpc) is 2.41. The number of benzene rings is 2. The van der Waals surface area contributed by atoms with Crippen molar-refractivity contribution in [1.29, 1.82) is 0 Å². The van der Waals surface area contributed by atoms with Crippen LogP contribution in [0.15, 0.2) is 54.6 Å². The summed E-state index contributed by atoms with van der Waals surface area (Å²) in [4.78, 5) is 12.4. The molecule has 88 valence electrons. The van der Waals surface area contributed by atoms with Crippen molar-refractivity contribution in [2.24, 2.45) is 0 Å². The molecule has 0 aromatic heterocycles. The summed E-state index contributed by atoms with van der Waals surface area (Å²) in [7, 11) is 0. The van der Waals surface area contributed by atoms with Crippen LogP contribution in [0.25, 0.3) is 16.3 Å². The predicted molar refractivity (Wildman–Crippen MR) is 75.7 cm³/mol. The normalized spacial score (nSPS) is 14.2. The minimum Gasteiger partial charge on any atom is -0.289 e. The smallest absolute Gasteiger partial charge is 0.189 e. The molecule has 0 amide bonds. The zero-order chi connectivity index (χ0) is 12.7. The largest absolute Gasteiger partial charge is 0.289 e. The first kappa shape index (κ1) is 11.0. The molecule has 0 N–H and O–H groups in total. The lowest BCUT2D eigenvalue weighted by molar-refractivity contribution is 0.103. The molecule has 0 heterocycles. The average molecular weight is 234 g/mol. The predicted octanol–water partition coefficient (Wildman–Crippen LogP) is 4.39. The Morgan fingerprint density at radius 1 is 1.11 bits per heavy atom. The van der Waals surface area contributed by atoms with Crippen molar-refractivity contribution in [1.82, 2.24) is 0 Å². The van der Waals surface area contributed by atoms with Gasteiger partial charge >= 0.3 is 0 Å². The van der Waals surface area contributed by atoms with E-state index in [0.29, 0.717) is 0 Å². The van der Waals surface area contributed by atoms with Crippen LogP contribution in [-0.2, 0) is 0 Å². The van der Waals surface area contributed by atoms with Crippen molar-refractivity contribution in [2.75, 3.05) is 0 Å². The highest BCUT2D eigenvalue weighted by atomic mass is 16.1. The minimum absolute atomic E-state index is 0.149. The van der Waals surface area contributed by atoms with Crippen LogP contribution in [0.4, 0.5) is 0 Å². The fraction of sp³-hybridized carbons (Fsp3) is 0.118. The fourth-order valence-electron chi connectivity index (χ4n) is 2.73. The molecule has 1 aliphatic carbocycles. The number of Topliss-reactive ketones (excluding diaryl/α,β-unsaturated/α-hetero) is 1. The quantitative estimate of drug-likeness (QED) is 0.704. The summed E-state index contributed by atoms with van der Waals surface area (Å²) in [6.07, 6.45) is 2.60. The topological polar surface area (TPSA) is 17.1 Å². The summed E-state index contributed by atoms with van der Waals surface area (Å²) >= 11 is 0. The van der Waals surface area contributed by atoms with E-state index in [9.17, 15) is 4.79 Å². The molecular weight excluding hydrogens is 220 g/mol. The van der Waals surface area contributed by atoms with Gasteiger partial charge < -0.3 is 0 Å². The molecule has 0 aliphatic heterocycles. The monoisotopic (exact) mass is 234 g/mol. The van der Waals surface area contributed by atoms with Gasteiger partial charge in [0.1, 0.15) is 0 Å². The Hall–Kier alpha value is -2.15. The number of allylic oxidation sites excluding steroid dienone is 3. The van der Waals surface area contributed by atoms with Gasteiger partial charge in [-0.3, -0.25) is 4.79 Å². The second kappa shape index (κ2) is 3.95. The summed E-state index contributed by atoms with van der Waals surface area (Å²) in [6, 6.07) is 12.1. The molecule has 0 unspecified atom stereocenters. The molecule has 1 heteroatoms. The van der Waals surface area contributed by atoms with Gasteiger partial charge in [-0.2, -0.15) is 0 Å². The summed E-state index contributed by atoms with van der Waals surface area (Å²) in [5, 5.41) is 2.22. The number of hydrogen-bond acceptors (Lipinski definition) is 1. The maximum absolute atomic E-state index is 12.4. The van der Waals surface area contributed by atoms with Crippen LogP contribution in [0, 0.1) is 0 Å². The van der Waals surface area contributed by atoms with Crippen LogP contribution in [0.1, 0.15) is 29.3 Å². The molecule has 1 nitrogen and oxygen atoms in total. The maximum Gasteiger partial charge on any atom is 0.189 e. The van der Waals surface area contributed by atoms with E-state index in [1.165, 1.54) is 5.56 Å². The zero-order valence-electron chi connectivity index (χ0n) is 10.4. The molecular formula is C17H14O. The van der Waals surface area contributed by atoms with Gasteiger partial charge in [0, 0.05) is 16.5 Å². The van der Waals surface area contributed by atoms with E-state index < -0.39 is 0 Å². The fourth-order valence-corrected chi connectivity index (χ4v) is 2.73. The lowest BCUT2D eigenvalue weighted by Crippen LogP contribution is -2.10. The van der Waals surface area contributed by atoms with Gasteiger partial charge in [-0.15, -0.1) is 6.58 Å². The Morgan fingerprint density at radius 2 is 1.78 bits per heavy atom. The van der Waals surface area contributed by atoms with E-state index in [4.69, 9.17) is 0 Å². The number of carbonyl (C=O) groups is 1. The third kappa shape index (κ3) is 1.37. The first-order valence-corrected chi connectivity index (χ1v) is 6.11. The van der Waals surface area contributed by atoms with Gasteiger partial charge in [0.15, 0.2) is 5.78 Å². The Labute approximate surface area is 106 Å². The van der Waals surface area contributed by atoms with Gasteiger partial charge in [-0.25, -0.2) is 0 Å². The van der Waals surface area contributed by atoms with E-state index in [0.717, 1.165) is 33.9 Å². The van der Waals surface area contributed by atoms with Crippen LogP contribution in [0.3, 0.4) is 0 Å². The molecule has 0 spiro atoms. The molecule has 0 saturated heterocycles. The SMILES string of the molecule is C=CCC1=C(C)C(=O)c2cccc3cccc1c23. The van der Waals surface area contributed by atoms with Gasteiger partial charge in [0.2, 0.25) is 0 Å². The highest BCUT2D eigenvalue weighted by Crippen LogP contribution is 2.37. The zero-order valence-corrected chi connectivity index (χ0v) is 10.4. The number of hydrogen-bond donors (Lipinski definition) is 0. The molecule has 2 aromatic carbocycles. The van der Waals surface area contributed by atoms with Crippen LogP contribution in [0.2, 0.25) is 0 Å². The molecule has 0 atom stereocenters. The van der Waals surface area contributed by atoms with Crippen molar-refractivity contribution < 1.29 is 4.79 Å². The molecule has 0 saturated carbocycles. The molecule has 18 heavy (non-hydrogen) atoms. The Morgan fingerprint density at radius 3 is 2.44 bits per heavy atom. The summed E-state index contributed by atoms with van der Waals surface area (Å²) in [5.41, 5.74) is 3.97. The maximum atomic E-state index is 12.4. The second-order valence-corrected chi connectivity index (χ2v) is 4.63. The summed E-state index contributed by atoms with van der Waals surface area (Å²) < 4.78 is 0. The third-order valence-corrected chi connectivity index (χ3v) is 3.62. The highest BCUT2D eigenvalue weighted by Gasteiger charge is 2.23. The van der Waals surface area contributed by atoms with Crippen LogP contribution in [0.5, 0.6) is 0 Å². The van der Waals surface area contributed by atoms with Gasteiger partial charge in [-0.05, 0) is 29.9 Å². The van der Waals surface area contributed by atoms with E-state index in [-0.39, 0.29) is 5.78 Å². The van der Waals surface area contributed by atoms with E-state index in [2.05, 4.69) is 24.8 Å². The first-order chi connectivity index (χ1) is 8.74. The minimum atomic E-state index is 0.149. The summed E-state index contributed by atoms with van der Waals surface area (Å²) in [5.74, 6) is 0.149. The number of ketones is 1.